The van der Waals surface area contributed by atoms with Crippen LogP contribution in [0.3, 0.4) is 0 Å². The zero-order valence-electron chi connectivity index (χ0n) is 18.9. The van der Waals surface area contributed by atoms with E-state index in [9.17, 15) is 9.59 Å². The Labute approximate surface area is 204 Å². The number of carbonyl (C=O) groups is 2. The summed E-state index contributed by atoms with van der Waals surface area (Å²) in [4.78, 5) is 27.8. The van der Waals surface area contributed by atoms with Crippen molar-refractivity contribution in [1.29, 1.82) is 0 Å². The van der Waals surface area contributed by atoms with Crippen LogP contribution >= 0.6 is 23.2 Å². The van der Waals surface area contributed by atoms with Crippen molar-refractivity contribution in [2.75, 3.05) is 46.9 Å². The van der Waals surface area contributed by atoms with E-state index in [-0.39, 0.29) is 25.0 Å². The van der Waals surface area contributed by atoms with Crippen molar-refractivity contribution in [1.82, 2.24) is 15.1 Å². The molecular formula is C24H29Cl2N3O4. The lowest BCUT2D eigenvalue weighted by Gasteiger charge is -2.24. The summed E-state index contributed by atoms with van der Waals surface area (Å²) >= 11 is 11.7. The number of nitrogens with one attached hydrogen (secondary N) is 1. The van der Waals surface area contributed by atoms with Crippen molar-refractivity contribution in [3.63, 3.8) is 0 Å². The van der Waals surface area contributed by atoms with E-state index in [0.29, 0.717) is 53.4 Å². The van der Waals surface area contributed by atoms with E-state index in [4.69, 9.17) is 32.7 Å². The molecule has 0 radical (unpaired) electrons. The second-order valence-corrected chi connectivity index (χ2v) is 8.38. The maximum atomic E-state index is 12.2. The molecule has 2 rings (SSSR count). The van der Waals surface area contributed by atoms with E-state index < -0.39 is 0 Å². The zero-order chi connectivity index (χ0) is 24.2. The fourth-order valence-corrected chi connectivity index (χ4v) is 2.95. The monoisotopic (exact) mass is 493 g/mol. The lowest BCUT2D eigenvalue weighted by atomic mass is 10.3. The van der Waals surface area contributed by atoms with Crippen molar-refractivity contribution in [3.8, 4) is 11.5 Å². The average Bonchev–Trinajstić information content (AvgIpc) is 2.78. The van der Waals surface area contributed by atoms with Crippen LogP contribution in [0.1, 0.15) is 6.42 Å². The number of hydrogen-bond donors (Lipinski definition) is 1. The molecule has 0 saturated carbocycles. The second-order valence-electron chi connectivity index (χ2n) is 7.51. The molecule has 33 heavy (non-hydrogen) atoms. The number of amides is 2. The fourth-order valence-electron chi connectivity index (χ4n) is 2.69. The molecule has 0 heterocycles. The van der Waals surface area contributed by atoms with Gasteiger partial charge in [0, 0.05) is 42.9 Å². The molecule has 2 aromatic rings. The molecule has 1 N–H and O–H groups in total. The smallest absolute Gasteiger partial charge is 0.262 e. The number of halogens is 2. The maximum absolute atomic E-state index is 12.2. The van der Waals surface area contributed by atoms with Gasteiger partial charge < -0.3 is 19.7 Å². The molecule has 2 aromatic carbocycles. The van der Waals surface area contributed by atoms with Crippen LogP contribution in [-0.4, -0.2) is 68.6 Å². The number of hydrogen-bond acceptors (Lipinski definition) is 5. The maximum Gasteiger partial charge on any atom is 0.262 e. The summed E-state index contributed by atoms with van der Waals surface area (Å²) in [7, 11) is 3.43. The highest BCUT2D eigenvalue weighted by atomic mass is 35.5. The van der Waals surface area contributed by atoms with Crippen LogP contribution in [0, 0.1) is 0 Å². The molecule has 0 aliphatic carbocycles. The molecule has 0 saturated heterocycles. The standard InChI is InChI=1S/C24H29Cl2N3O4/c1-18(27-23(30)17-33-22-10-6-20(26)7-11-22)12-13-29(16-24(31)28(2)3)14-15-32-21-8-4-19(25)5-9-21/h4-11H,1,12-17H2,2-3H3,(H,27,30). The third-order valence-electron chi connectivity index (χ3n) is 4.58. The number of carbonyl (C=O) groups excluding carboxylic acids is 2. The van der Waals surface area contributed by atoms with E-state index in [1.807, 2.05) is 4.90 Å². The van der Waals surface area contributed by atoms with E-state index >= 15 is 0 Å². The molecule has 0 bridgehead atoms. The fraction of sp³-hybridized carbons (Fsp3) is 0.333. The average molecular weight is 494 g/mol. The van der Waals surface area contributed by atoms with Crippen molar-refractivity contribution in [3.05, 3.63) is 70.9 Å². The van der Waals surface area contributed by atoms with Gasteiger partial charge in [-0.25, -0.2) is 0 Å². The summed E-state index contributed by atoms with van der Waals surface area (Å²) in [6.45, 7) is 5.46. The number of benzene rings is 2. The molecule has 0 aliphatic heterocycles. The summed E-state index contributed by atoms with van der Waals surface area (Å²) in [5.41, 5.74) is 0.542. The normalized spacial score (nSPS) is 10.6. The van der Waals surface area contributed by atoms with Crippen LogP contribution in [0.2, 0.25) is 10.0 Å². The Morgan fingerprint density at radius 2 is 1.45 bits per heavy atom. The molecule has 7 nitrogen and oxygen atoms in total. The van der Waals surface area contributed by atoms with Gasteiger partial charge in [-0.2, -0.15) is 0 Å². The highest BCUT2D eigenvalue weighted by molar-refractivity contribution is 6.30. The molecule has 0 atom stereocenters. The topological polar surface area (TPSA) is 71.1 Å². The van der Waals surface area contributed by atoms with Gasteiger partial charge in [0.25, 0.3) is 5.91 Å². The van der Waals surface area contributed by atoms with Gasteiger partial charge in [-0.05, 0) is 55.0 Å². The van der Waals surface area contributed by atoms with E-state index in [0.717, 1.165) is 0 Å². The van der Waals surface area contributed by atoms with Gasteiger partial charge in [-0.15, -0.1) is 0 Å². The Bertz CT molecular complexity index is 918. The Kier molecular flexibility index (Phi) is 11.0. The third kappa shape index (κ3) is 10.6. The Hall–Kier alpha value is -2.74. The Morgan fingerprint density at radius 1 is 0.909 bits per heavy atom. The molecule has 0 aromatic heterocycles. The molecular weight excluding hydrogens is 465 g/mol. The molecule has 178 valence electrons. The minimum absolute atomic E-state index is 0.0208. The Balaban J connectivity index is 1.78. The van der Waals surface area contributed by atoms with E-state index in [2.05, 4.69) is 11.9 Å². The predicted octanol–water partition coefficient (Wildman–Crippen LogP) is 3.86. The zero-order valence-corrected chi connectivity index (χ0v) is 20.4. The SMILES string of the molecule is C=C(CCN(CCOc1ccc(Cl)cc1)CC(=O)N(C)C)NC(=O)COc1ccc(Cl)cc1. The minimum Gasteiger partial charge on any atom is -0.492 e. The number of nitrogens with zero attached hydrogens (tertiary/aromatic N) is 2. The summed E-state index contributed by atoms with van der Waals surface area (Å²) in [6.07, 6.45) is 0.480. The minimum atomic E-state index is -0.308. The van der Waals surface area contributed by atoms with Crippen molar-refractivity contribution < 1.29 is 19.1 Å². The van der Waals surface area contributed by atoms with Gasteiger partial charge in [0.1, 0.15) is 18.1 Å². The van der Waals surface area contributed by atoms with Crippen molar-refractivity contribution in [2.24, 2.45) is 0 Å². The first-order valence-corrected chi connectivity index (χ1v) is 11.2. The molecule has 9 heteroatoms. The Morgan fingerprint density at radius 3 is 2.00 bits per heavy atom. The van der Waals surface area contributed by atoms with E-state index in [1.54, 1.807) is 62.6 Å². The third-order valence-corrected chi connectivity index (χ3v) is 5.08. The predicted molar refractivity (Wildman–Crippen MR) is 131 cm³/mol. The van der Waals surface area contributed by atoms with Crippen molar-refractivity contribution >= 4 is 35.0 Å². The molecule has 0 spiro atoms. The molecule has 2 amide bonds. The van der Waals surface area contributed by atoms with Crippen LogP contribution in [0.25, 0.3) is 0 Å². The number of ether oxygens (including phenoxy) is 2. The first kappa shape index (κ1) is 26.5. The van der Waals surface area contributed by atoms with Crippen LogP contribution in [-0.2, 0) is 9.59 Å². The van der Waals surface area contributed by atoms with E-state index in [1.165, 1.54) is 4.90 Å². The van der Waals surface area contributed by atoms with Gasteiger partial charge in [-0.3, -0.25) is 14.5 Å². The van der Waals surface area contributed by atoms with Gasteiger partial charge in [0.15, 0.2) is 6.61 Å². The summed E-state index contributed by atoms with van der Waals surface area (Å²) in [6, 6.07) is 13.9. The van der Waals surface area contributed by atoms with Crippen LogP contribution in [0.15, 0.2) is 60.8 Å². The van der Waals surface area contributed by atoms with Crippen LogP contribution < -0.4 is 14.8 Å². The highest BCUT2D eigenvalue weighted by Crippen LogP contribution is 2.16. The highest BCUT2D eigenvalue weighted by Gasteiger charge is 2.14. The summed E-state index contributed by atoms with van der Waals surface area (Å²) in [5.74, 6) is 0.925. The van der Waals surface area contributed by atoms with Gasteiger partial charge in [-0.1, -0.05) is 29.8 Å². The molecule has 0 unspecified atom stereocenters. The van der Waals surface area contributed by atoms with Gasteiger partial charge >= 0.3 is 0 Å². The molecule has 0 fully saturated rings. The first-order valence-electron chi connectivity index (χ1n) is 10.4. The van der Waals surface area contributed by atoms with Crippen LogP contribution in [0.5, 0.6) is 11.5 Å². The summed E-state index contributed by atoms with van der Waals surface area (Å²) in [5, 5.41) is 3.96. The second kappa shape index (κ2) is 13.7. The largest absolute Gasteiger partial charge is 0.492 e. The number of likely N-dealkylation sites (N-methyl/N-ethyl adjacent to an activating group) is 1. The van der Waals surface area contributed by atoms with Crippen LogP contribution in [0.4, 0.5) is 0 Å². The quantitative estimate of drug-likeness (QED) is 0.458. The number of rotatable bonds is 13. The lowest BCUT2D eigenvalue weighted by Crippen LogP contribution is -2.40. The lowest BCUT2D eigenvalue weighted by molar-refractivity contribution is -0.130. The van der Waals surface area contributed by atoms with Gasteiger partial charge in [0.05, 0.1) is 6.54 Å². The summed E-state index contributed by atoms with van der Waals surface area (Å²) < 4.78 is 11.2. The van der Waals surface area contributed by atoms with Crippen molar-refractivity contribution in [2.45, 2.75) is 6.42 Å². The van der Waals surface area contributed by atoms with Gasteiger partial charge in [0.2, 0.25) is 5.91 Å². The molecule has 0 aliphatic rings. The first-order chi connectivity index (χ1) is 15.7.